The molecule has 3 aromatic heterocycles. The first-order valence-corrected chi connectivity index (χ1v) is 11.2. The van der Waals surface area contributed by atoms with E-state index in [1.807, 2.05) is 65.8 Å². The van der Waals surface area contributed by atoms with E-state index in [-0.39, 0.29) is 11.9 Å². The summed E-state index contributed by atoms with van der Waals surface area (Å²) in [5, 5.41) is 9.35. The molecule has 1 amide bonds. The van der Waals surface area contributed by atoms with Crippen LogP contribution in [0.5, 0.6) is 0 Å². The Hall–Kier alpha value is -3.90. The monoisotopic (exact) mass is 453 g/mol. The van der Waals surface area contributed by atoms with Gasteiger partial charge in [0, 0.05) is 52.2 Å². The van der Waals surface area contributed by atoms with E-state index in [2.05, 4.69) is 32.3 Å². The van der Waals surface area contributed by atoms with Crippen LogP contribution >= 0.6 is 11.6 Å². The summed E-state index contributed by atoms with van der Waals surface area (Å²) in [4.78, 5) is 23.1. The summed E-state index contributed by atoms with van der Waals surface area (Å²) in [6.07, 6.45) is 6.34. The van der Waals surface area contributed by atoms with Crippen molar-refractivity contribution >= 4 is 28.4 Å². The van der Waals surface area contributed by atoms with Crippen LogP contribution in [0.1, 0.15) is 33.2 Å². The summed E-state index contributed by atoms with van der Waals surface area (Å²) < 4.78 is 0. The Balaban J connectivity index is 1.40. The zero-order valence-corrected chi connectivity index (χ0v) is 18.4. The van der Waals surface area contributed by atoms with Crippen LogP contribution in [0, 0.1) is 0 Å². The molecule has 2 aromatic carbocycles. The number of para-hydroxylation sites is 1. The number of fused-ring (bicyclic) bond motifs is 2. The lowest BCUT2D eigenvalue weighted by Gasteiger charge is -2.26. The summed E-state index contributed by atoms with van der Waals surface area (Å²) >= 11 is 6.09. The second-order valence-electron chi connectivity index (χ2n) is 8.16. The average Bonchev–Trinajstić information content (AvgIpc) is 3.53. The van der Waals surface area contributed by atoms with Crippen molar-refractivity contribution in [1.29, 1.82) is 0 Å². The molecule has 7 heteroatoms. The highest BCUT2D eigenvalue weighted by molar-refractivity contribution is 6.30. The molecular weight excluding hydrogens is 434 g/mol. The fourth-order valence-electron chi connectivity index (χ4n) is 4.72. The first kappa shape index (κ1) is 19.8. The lowest BCUT2D eigenvalue weighted by atomic mass is 9.97. The van der Waals surface area contributed by atoms with Gasteiger partial charge in [0.1, 0.15) is 5.69 Å². The van der Waals surface area contributed by atoms with Gasteiger partial charge in [0.25, 0.3) is 5.91 Å². The van der Waals surface area contributed by atoms with Crippen LogP contribution < -0.4 is 0 Å². The van der Waals surface area contributed by atoms with Gasteiger partial charge in [-0.2, -0.15) is 5.10 Å². The van der Waals surface area contributed by atoms with Crippen molar-refractivity contribution in [3.8, 4) is 11.3 Å². The van der Waals surface area contributed by atoms with E-state index >= 15 is 0 Å². The highest BCUT2D eigenvalue weighted by Crippen LogP contribution is 2.42. The fourth-order valence-corrected chi connectivity index (χ4v) is 4.84. The molecule has 0 aliphatic carbocycles. The molecule has 6 rings (SSSR count). The molecule has 5 aromatic rings. The molecule has 0 saturated heterocycles. The molecule has 0 spiro atoms. The number of aromatic amines is 2. The van der Waals surface area contributed by atoms with Crippen molar-refractivity contribution in [3.63, 3.8) is 0 Å². The Morgan fingerprint density at radius 2 is 1.88 bits per heavy atom. The molecule has 0 fully saturated rings. The Morgan fingerprint density at radius 1 is 1.03 bits per heavy atom. The number of aromatic nitrogens is 4. The first-order valence-electron chi connectivity index (χ1n) is 10.8. The molecule has 1 aliphatic rings. The number of carbonyl (C=O) groups excluding carboxylic acids is 1. The highest BCUT2D eigenvalue weighted by atomic mass is 35.5. The third-order valence-corrected chi connectivity index (χ3v) is 6.53. The predicted molar refractivity (Wildman–Crippen MR) is 128 cm³/mol. The van der Waals surface area contributed by atoms with E-state index in [1.165, 1.54) is 10.9 Å². The zero-order chi connectivity index (χ0) is 22.4. The van der Waals surface area contributed by atoms with Gasteiger partial charge in [-0.1, -0.05) is 48.0 Å². The van der Waals surface area contributed by atoms with E-state index in [0.717, 1.165) is 34.3 Å². The molecule has 1 aliphatic heterocycles. The zero-order valence-electron chi connectivity index (χ0n) is 17.6. The molecule has 0 unspecified atom stereocenters. The Morgan fingerprint density at radius 3 is 2.70 bits per heavy atom. The van der Waals surface area contributed by atoms with E-state index in [4.69, 9.17) is 11.6 Å². The van der Waals surface area contributed by atoms with Gasteiger partial charge in [0.05, 0.1) is 11.7 Å². The first-order chi connectivity index (χ1) is 16.2. The normalized spacial score (nSPS) is 15.4. The molecule has 4 heterocycles. The van der Waals surface area contributed by atoms with E-state index < -0.39 is 0 Å². The summed E-state index contributed by atoms with van der Waals surface area (Å²) in [5.41, 5.74) is 6.34. The summed E-state index contributed by atoms with van der Waals surface area (Å²) in [7, 11) is 0. The molecule has 162 valence electrons. The van der Waals surface area contributed by atoms with Crippen LogP contribution in [0.25, 0.3) is 22.2 Å². The third-order valence-electron chi connectivity index (χ3n) is 6.28. The Bertz CT molecular complexity index is 1460. The number of carbonyl (C=O) groups is 1. The van der Waals surface area contributed by atoms with Crippen LogP contribution in [0.2, 0.25) is 5.02 Å². The van der Waals surface area contributed by atoms with Crippen LogP contribution in [0.4, 0.5) is 0 Å². The number of halogens is 1. The van der Waals surface area contributed by atoms with Crippen molar-refractivity contribution in [1.82, 2.24) is 25.1 Å². The second-order valence-corrected chi connectivity index (χ2v) is 8.60. The van der Waals surface area contributed by atoms with Gasteiger partial charge in [0.2, 0.25) is 0 Å². The van der Waals surface area contributed by atoms with Crippen LogP contribution in [-0.4, -0.2) is 37.5 Å². The largest absolute Gasteiger partial charge is 0.361 e. The molecule has 0 bridgehead atoms. The Kier molecular flexibility index (Phi) is 4.73. The summed E-state index contributed by atoms with van der Waals surface area (Å²) in [5.74, 6) is -0.0496. The Labute approximate surface area is 195 Å². The van der Waals surface area contributed by atoms with Gasteiger partial charge in [-0.3, -0.25) is 14.9 Å². The molecule has 0 saturated carbocycles. The van der Waals surface area contributed by atoms with E-state index in [0.29, 0.717) is 17.3 Å². The number of nitrogens with one attached hydrogen (secondary N) is 2. The van der Waals surface area contributed by atoms with Crippen molar-refractivity contribution in [3.05, 3.63) is 107 Å². The lowest BCUT2D eigenvalue weighted by Crippen LogP contribution is -2.31. The number of benzene rings is 2. The molecule has 6 nitrogen and oxygen atoms in total. The lowest BCUT2D eigenvalue weighted by molar-refractivity contribution is 0.0746. The fraction of sp³-hybridized carbons (Fsp3) is 0.115. The maximum absolute atomic E-state index is 13.5. The third kappa shape index (κ3) is 3.31. The smallest absolute Gasteiger partial charge is 0.273 e. The topological polar surface area (TPSA) is 77.7 Å². The predicted octanol–water partition coefficient (Wildman–Crippen LogP) is 5.39. The van der Waals surface area contributed by atoms with Gasteiger partial charge < -0.3 is 9.88 Å². The molecule has 1 atom stereocenters. The van der Waals surface area contributed by atoms with Crippen molar-refractivity contribution < 1.29 is 4.79 Å². The molecule has 33 heavy (non-hydrogen) atoms. The number of hydrogen-bond acceptors (Lipinski definition) is 3. The van der Waals surface area contributed by atoms with Gasteiger partial charge in [-0.15, -0.1) is 0 Å². The number of hydrogen-bond donors (Lipinski definition) is 2. The molecule has 2 N–H and O–H groups in total. The number of rotatable bonds is 5. The number of nitrogens with zero attached hydrogens (tertiary/aromatic N) is 3. The minimum atomic E-state index is -0.268. The maximum Gasteiger partial charge on any atom is 0.273 e. The van der Waals surface area contributed by atoms with Gasteiger partial charge >= 0.3 is 0 Å². The van der Waals surface area contributed by atoms with Crippen LogP contribution in [0.15, 0.2) is 79.3 Å². The van der Waals surface area contributed by atoms with Crippen LogP contribution in [0.3, 0.4) is 0 Å². The van der Waals surface area contributed by atoms with E-state index in [1.54, 1.807) is 6.20 Å². The quantitative estimate of drug-likeness (QED) is 0.374. The molecule has 0 radical (unpaired) electrons. The van der Waals surface area contributed by atoms with Crippen molar-refractivity contribution in [2.24, 2.45) is 0 Å². The standard InChI is InChI=1S/C26H20ClN5O/c27-19-9-7-16(8-10-19)23-22-24(31-30-23)26(33)32(25(22)18-4-3-12-28-14-18)13-11-17-15-29-21-6-2-1-5-20(17)21/h1-10,12,14-15,25,29H,11,13H2,(H,30,31)/t25-/m0/s1. The minimum Gasteiger partial charge on any atom is -0.361 e. The van der Waals surface area contributed by atoms with Crippen molar-refractivity contribution in [2.45, 2.75) is 12.5 Å². The minimum absolute atomic E-state index is 0.0496. The van der Waals surface area contributed by atoms with Gasteiger partial charge in [-0.25, -0.2) is 0 Å². The van der Waals surface area contributed by atoms with Crippen molar-refractivity contribution in [2.75, 3.05) is 6.54 Å². The number of pyridine rings is 1. The number of H-pyrrole nitrogens is 2. The van der Waals surface area contributed by atoms with Gasteiger partial charge in [-0.05, 0) is 41.8 Å². The molecular formula is C26H20ClN5O. The highest BCUT2D eigenvalue weighted by Gasteiger charge is 2.42. The maximum atomic E-state index is 13.5. The van der Waals surface area contributed by atoms with Crippen LogP contribution in [-0.2, 0) is 6.42 Å². The second kappa shape index (κ2) is 7.90. The SMILES string of the molecule is O=C1c2[nH]nc(-c3ccc(Cl)cc3)c2[C@H](c2cccnc2)N1CCc1c[nH]c2ccccc12. The average molecular weight is 454 g/mol. The van der Waals surface area contributed by atoms with Gasteiger partial charge in [0.15, 0.2) is 0 Å². The van der Waals surface area contributed by atoms with E-state index in [9.17, 15) is 4.79 Å². The summed E-state index contributed by atoms with van der Waals surface area (Å²) in [6, 6.07) is 19.4. The summed E-state index contributed by atoms with van der Waals surface area (Å²) in [6.45, 7) is 0.572. The number of amides is 1.